The summed E-state index contributed by atoms with van der Waals surface area (Å²) in [5.41, 5.74) is 2.55. The molecule has 0 aromatic heterocycles. The molecule has 1 fully saturated rings. The van der Waals surface area contributed by atoms with Crippen molar-refractivity contribution in [3.05, 3.63) is 29.3 Å². The van der Waals surface area contributed by atoms with Crippen molar-refractivity contribution in [2.75, 3.05) is 6.61 Å². The molecule has 76 valence electrons. The van der Waals surface area contributed by atoms with Gasteiger partial charge in [0, 0.05) is 4.90 Å². The van der Waals surface area contributed by atoms with Gasteiger partial charge in [-0.2, -0.15) is 0 Å². The van der Waals surface area contributed by atoms with Gasteiger partial charge in [0.05, 0.1) is 6.42 Å². The summed E-state index contributed by atoms with van der Waals surface area (Å²) < 4.78 is 4.29. The van der Waals surface area contributed by atoms with E-state index >= 15 is 0 Å². The summed E-state index contributed by atoms with van der Waals surface area (Å²) in [6.45, 7) is 4.79. The van der Waals surface area contributed by atoms with Crippen LogP contribution < -0.4 is 0 Å². The third kappa shape index (κ3) is 3.42. The lowest BCUT2D eigenvalue weighted by molar-refractivity contribution is -0.157. The maximum absolute atomic E-state index is 9.68. The number of rotatable bonds is 0. The van der Waals surface area contributed by atoms with Gasteiger partial charge in [-0.15, -0.1) is 12.6 Å². The topological polar surface area (TPSA) is 26.3 Å². The van der Waals surface area contributed by atoms with Crippen molar-refractivity contribution in [3.8, 4) is 0 Å². The van der Waals surface area contributed by atoms with Gasteiger partial charge in [0.15, 0.2) is 0 Å². The Bertz CT molecular complexity index is 328. The number of thiol groups is 1. The van der Waals surface area contributed by atoms with Crippen molar-refractivity contribution in [1.29, 1.82) is 0 Å². The van der Waals surface area contributed by atoms with Crippen molar-refractivity contribution in [1.82, 2.24) is 0 Å². The molecule has 0 saturated carbocycles. The summed E-state index contributed by atoms with van der Waals surface area (Å²) in [5.74, 6) is -0.0648. The molecule has 1 aromatic carbocycles. The van der Waals surface area contributed by atoms with Gasteiger partial charge >= 0.3 is 5.97 Å². The molecule has 0 bridgehead atoms. The zero-order valence-corrected chi connectivity index (χ0v) is 9.30. The molecule has 0 aliphatic carbocycles. The molecule has 0 spiro atoms. The summed E-state index contributed by atoms with van der Waals surface area (Å²) in [5, 5.41) is 0. The maximum Gasteiger partial charge on any atom is 0.309 e. The Kier molecular flexibility index (Phi) is 4.01. The minimum absolute atomic E-state index is 0.0648. The average Bonchev–Trinajstić information content (AvgIpc) is 2.10. The predicted octanol–water partition coefficient (Wildman–Crippen LogP) is 2.53. The molecule has 1 saturated heterocycles. The molecule has 14 heavy (non-hydrogen) atoms. The maximum atomic E-state index is 9.68. The van der Waals surface area contributed by atoms with E-state index in [1.807, 2.05) is 6.07 Å². The number of carbonyl (C=O) groups is 1. The van der Waals surface area contributed by atoms with Gasteiger partial charge in [0.1, 0.15) is 6.61 Å². The fraction of sp³-hybridized carbons (Fsp3) is 0.364. The van der Waals surface area contributed by atoms with E-state index in [9.17, 15) is 4.79 Å². The van der Waals surface area contributed by atoms with Crippen LogP contribution in [0.15, 0.2) is 23.1 Å². The smallest absolute Gasteiger partial charge is 0.309 e. The third-order valence-corrected chi connectivity index (χ3v) is 2.42. The van der Waals surface area contributed by atoms with E-state index in [0.717, 1.165) is 4.90 Å². The zero-order valence-electron chi connectivity index (χ0n) is 8.41. The summed E-state index contributed by atoms with van der Waals surface area (Å²) in [4.78, 5) is 10.7. The van der Waals surface area contributed by atoms with Gasteiger partial charge < -0.3 is 4.74 Å². The Balaban J connectivity index is 0.000000165. The lowest BCUT2D eigenvalue weighted by atomic mass is 10.2. The Morgan fingerprint density at radius 1 is 1.36 bits per heavy atom. The highest BCUT2D eigenvalue weighted by Crippen LogP contribution is 2.13. The Morgan fingerprint density at radius 3 is 2.21 bits per heavy atom. The van der Waals surface area contributed by atoms with Crippen LogP contribution in [0, 0.1) is 13.8 Å². The Morgan fingerprint density at radius 2 is 1.93 bits per heavy atom. The highest BCUT2D eigenvalue weighted by molar-refractivity contribution is 7.80. The number of hydrogen-bond donors (Lipinski definition) is 1. The van der Waals surface area contributed by atoms with Gasteiger partial charge in [0.2, 0.25) is 0 Å². The Hall–Kier alpha value is -0.960. The molecule has 1 aliphatic heterocycles. The van der Waals surface area contributed by atoms with Gasteiger partial charge in [-0.25, -0.2) is 0 Å². The van der Waals surface area contributed by atoms with E-state index in [-0.39, 0.29) is 5.97 Å². The zero-order chi connectivity index (χ0) is 10.6. The van der Waals surface area contributed by atoms with E-state index in [1.54, 1.807) is 0 Å². The first-order chi connectivity index (χ1) is 6.59. The van der Waals surface area contributed by atoms with Crippen LogP contribution in [-0.4, -0.2) is 12.6 Å². The van der Waals surface area contributed by atoms with E-state index < -0.39 is 0 Å². The van der Waals surface area contributed by atoms with E-state index in [1.165, 1.54) is 11.1 Å². The number of benzene rings is 1. The molecule has 3 heteroatoms. The molecule has 0 atom stereocenters. The SMILES string of the molecule is Cc1ccc(S)c(C)c1.O=C1CCO1. The number of esters is 1. The molecule has 1 heterocycles. The highest BCUT2D eigenvalue weighted by Gasteiger charge is 2.10. The molecule has 2 nitrogen and oxygen atoms in total. The lowest BCUT2D eigenvalue weighted by Crippen LogP contribution is -2.18. The van der Waals surface area contributed by atoms with Crippen LogP contribution in [0.3, 0.4) is 0 Å². The number of hydrogen-bond acceptors (Lipinski definition) is 3. The Labute approximate surface area is 89.7 Å². The van der Waals surface area contributed by atoms with Crippen LogP contribution in [-0.2, 0) is 9.53 Å². The first kappa shape index (κ1) is 11.1. The number of carbonyl (C=O) groups excluding carboxylic acids is 1. The standard InChI is InChI=1S/C8H10S.C3H4O2/c1-6-3-4-8(9)7(2)5-6;4-3-1-2-5-3/h3-5,9H,1-2H3;1-2H2. The van der Waals surface area contributed by atoms with Crippen LogP contribution in [0.1, 0.15) is 17.5 Å². The van der Waals surface area contributed by atoms with E-state index in [4.69, 9.17) is 0 Å². The monoisotopic (exact) mass is 210 g/mol. The van der Waals surface area contributed by atoms with Crippen molar-refractivity contribution >= 4 is 18.6 Å². The lowest BCUT2D eigenvalue weighted by Gasteiger charge is -2.09. The highest BCUT2D eigenvalue weighted by atomic mass is 32.1. The van der Waals surface area contributed by atoms with Crippen molar-refractivity contribution in [2.24, 2.45) is 0 Å². The molecule has 1 aliphatic rings. The van der Waals surface area contributed by atoms with E-state index in [0.29, 0.717) is 13.0 Å². The second kappa shape index (κ2) is 5.05. The van der Waals surface area contributed by atoms with Crippen LogP contribution in [0.2, 0.25) is 0 Å². The second-order valence-electron chi connectivity index (χ2n) is 3.26. The summed E-state index contributed by atoms with van der Waals surface area (Å²) in [7, 11) is 0. The molecule has 0 unspecified atom stereocenters. The molecular formula is C11H14O2S. The summed E-state index contributed by atoms with van der Waals surface area (Å²) >= 11 is 4.25. The van der Waals surface area contributed by atoms with Crippen LogP contribution in [0.25, 0.3) is 0 Å². The quantitative estimate of drug-likeness (QED) is 0.526. The largest absolute Gasteiger partial charge is 0.465 e. The van der Waals surface area contributed by atoms with Crippen LogP contribution in [0.4, 0.5) is 0 Å². The molecule has 0 N–H and O–H groups in total. The first-order valence-corrected chi connectivity index (χ1v) is 4.96. The van der Waals surface area contributed by atoms with Crippen molar-refractivity contribution < 1.29 is 9.53 Å². The fourth-order valence-electron chi connectivity index (χ4n) is 0.991. The molecule has 0 amide bonds. The summed E-state index contributed by atoms with van der Waals surface area (Å²) in [6, 6.07) is 6.21. The molecule has 2 rings (SSSR count). The van der Waals surface area contributed by atoms with Gasteiger partial charge in [-0.1, -0.05) is 17.7 Å². The minimum atomic E-state index is -0.0648. The van der Waals surface area contributed by atoms with Gasteiger partial charge in [0.25, 0.3) is 0 Å². The van der Waals surface area contributed by atoms with Gasteiger partial charge in [-0.05, 0) is 25.5 Å². The minimum Gasteiger partial charge on any atom is -0.465 e. The number of aryl methyl sites for hydroxylation is 2. The number of ether oxygens (including phenoxy) is 1. The summed E-state index contributed by atoms with van der Waals surface area (Å²) in [6.07, 6.45) is 0.625. The third-order valence-electron chi connectivity index (χ3n) is 1.92. The predicted molar refractivity (Wildman–Crippen MR) is 58.7 cm³/mol. The van der Waals surface area contributed by atoms with E-state index in [2.05, 4.69) is 43.3 Å². The molecular weight excluding hydrogens is 196 g/mol. The van der Waals surface area contributed by atoms with Crippen molar-refractivity contribution in [3.63, 3.8) is 0 Å². The van der Waals surface area contributed by atoms with Crippen molar-refractivity contribution in [2.45, 2.75) is 25.2 Å². The fourth-order valence-corrected chi connectivity index (χ4v) is 1.13. The number of cyclic esters (lactones) is 1. The van der Waals surface area contributed by atoms with Crippen LogP contribution >= 0.6 is 12.6 Å². The molecule has 1 aromatic rings. The normalized spacial score (nSPS) is 13.5. The first-order valence-electron chi connectivity index (χ1n) is 4.51. The second-order valence-corrected chi connectivity index (χ2v) is 3.74. The van der Waals surface area contributed by atoms with Gasteiger partial charge in [-0.3, -0.25) is 4.79 Å². The van der Waals surface area contributed by atoms with Crippen LogP contribution in [0.5, 0.6) is 0 Å². The molecule has 0 radical (unpaired) electrons. The average molecular weight is 210 g/mol.